The van der Waals surface area contributed by atoms with Gasteiger partial charge in [0.1, 0.15) is 16.4 Å². The zero-order valence-electron chi connectivity index (χ0n) is 17.4. The minimum absolute atomic E-state index is 0.0912. The maximum atomic E-state index is 12.4. The zero-order chi connectivity index (χ0) is 23.1. The van der Waals surface area contributed by atoms with Gasteiger partial charge in [0.15, 0.2) is 6.61 Å². The zero-order valence-corrected chi connectivity index (χ0v) is 17.4. The topological polar surface area (TPSA) is 130 Å². The third-order valence-corrected chi connectivity index (χ3v) is 4.32. The number of aromatic nitrogens is 2. The van der Waals surface area contributed by atoms with Crippen LogP contribution in [-0.4, -0.2) is 35.6 Å². The Hall–Kier alpha value is -4.40. The van der Waals surface area contributed by atoms with Crippen LogP contribution in [0.3, 0.4) is 0 Å². The standard InChI is InChI=1S/C23H21N3O6/c1-14(27)32-13-21(28)24-17-7-3-15(4-8-17)11-19-22(29)26-20(23(30)25-19)12-16-5-9-18(31-2)10-6-16/h3-12H,13H2,1-2H3,(H,24,28)(H,25,30)(H,26,29). The quantitative estimate of drug-likeness (QED) is 0.475. The van der Waals surface area contributed by atoms with Gasteiger partial charge in [-0.05, 0) is 47.5 Å². The summed E-state index contributed by atoms with van der Waals surface area (Å²) in [6.07, 6.45) is 3.08. The van der Waals surface area contributed by atoms with Crippen LogP contribution in [-0.2, 0) is 14.3 Å². The third-order valence-electron chi connectivity index (χ3n) is 4.32. The Morgan fingerprint density at radius 3 is 1.84 bits per heavy atom. The Morgan fingerprint density at radius 1 is 0.875 bits per heavy atom. The smallest absolute Gasteiger partial charge is 0.303 e. The molecule has 0 bridgehead atoms. The summed E-state index contributed by atoms with van der Waals surface area (Å²) in [7, 11) is 1.56. The highest BCUT2D eigenvalue weighted by Crippen LogP contribution is 2.11. The number of carbonyl (C=O) groups excluding carboxylic acids is 2. The van der Waals surface area contributed by atoms with Gasteiger partial charge >= 0.3 is 5.97 Å². The van der Waals surface area contributed by atoms with Gasteiger partial charge < -0.3 is 24.8 Å². The Kier molecular flexibility index (Phi) is 7.02. The Bertz CT molecular complexity index is 1350. The summed E-state index contributed by atoms with van der Waals surface area (Å²) >= 11 is 0. The number of benzene rings is 2. The molecule has 0 aliphatic heterocycles. The van der Waals surface area contributed by atoms with E-state index >= 15 is 0 Å². The second-order valence-electron chi connectivity index (χ2n) is 6.75. The molecule has 2 aromatic carbocycles. The van der Waals surface area contributed by atoms with Crippen LogP contribution in [0.25, 0.3) is 12.2 Å². The van der Waals surface area contributed by atoms with Gasteiger partial charge in [0.05, 0.1) is 7.11 Å². The summed E-state index contributed by atoms with van der Waals surface area (Å²) in [6, 6.07) is 13.6. The minimum atomic E-state index is -0.545. The number of hydrogen-bond acceptors (Lipinski definition) is 6. The molecule has 0 spiro atoms. The molecule has 32 heavy (non-hydrogen) atoms. The van der Waals surface area contributed by atoms with E-state index in [2.05, 4.69) is 20.0 Å². The average Bonchev–Trinajstić information content (AvgIpc) is 2.77. The van der Waals surface area contributed by atoms with E-state index in [4.69, 9.17) is 4.74 Å². The molecule has 9 nitrogen and oxygen atoms in total. The number of H-pyrrole nitrogens is 2. The molecule has 1 aromatic heterocycles. The van der Waals surface area contributed by atoms with Crippen LogP contribution >= 0.6 is 0 Å². The maximum absolute atomic E-state index is 12.4. The van der Waals surface area contributed by atoms with Crippen LogP contribution in [0, 0.1) is 0 Å². The molecule has 3 aromatic rings. The number of methoxy groups -OCH3 is 1. The molecule has 3 rings (SSSR count). The number of hydrogen-bond donors (Lipinski definition) is 3. The molecule has 0 unspecified atom stereocenters. The first-order chi connectivity index (χ1) is 15.3. The lowest BCUT2D eigenvalue weighted by Gasteiger charge is -2.05. The van der Waals surface area contributed by atoms with Crippen molar-refractivity contribution < 1.29 is 19.1 Å². The third kappa shape index (κ3) is 6.05. The van der Waals surface area contributed by atoms with Crippen molar-refractivity contribution in [1.29, 1.82) is 0 Å². The van der Waals surface area contributed by atoms with Crippen LogP contribution in [0.5, 0.6) is 5.75 Å². The van der Waals surface area contributed by atoms with Gasteiger partial charge in [-0.1, -0.05) is 24.3 Å². The molecule has 0 saturated heterocycles. The van der Waals surface area contributed by atoms with Crippen LogP contribution in [0.1, 0.15) is 18.1 Å². The summed E-state index contributed by atoms with van der Waals surface area (Å²) in [6.45, 7) is 0.841. The van der Waals surface area contributed by atoms with E-state index in [0.717, 1.165) is 5.56 Å². The first-order valence-electron chi connectivity index (χ1n) is 9.57. The highest BCUT2D eigenvalue weighted by molar-refractivity contribution is 5.92. The lowest BCUT2D eigenvalue weighted by atomic mass is 10.2. The summed E-state index contributed by atoms with van der Waals surface area (Å²) in [4.78, 5) is 52.4. The normalized spacial score (nSPS) is 11.8. The number of nitrogens with one attached hydrogen (secondary N) is 3. The Morgan fingerprint density at radius 2 is 1.38 bits per heavy atom. The molecular formula is C23H21N3O6. The lowest BCUT2D eigenvalue weighted by Crippen LogP contribution is -2.46. The van der Waals surface area contributed by atoms with Crippen molar-refractivity contribution in [2.24, 2.45) is 0 Å². The summed E-state index contributed by atoms with van der Waals surface area (Å²) in [5.41, 5.74) is 0.960. The van der Waals surface area contributed by atoms with Gasteiger partial charge in [0.25, 0.3) is 17.0 Å². The predicted octanol–water partition coefficient (Wildman–Crippen LogP) is 0.231. The van der Waals surface area contributed by atoms with Crippen molar-refractivity contribution in [2.45, 2.75) is 6.92 Å². The fourth-order valence-electron chi connectivity index (χ4n) is 2.76. The largest absolute Gasteiger partial charge is 0.497 e. The minimum Gasteiger partial charge on any atom is -0.497 e. The van der Waals surface area contributed by atoms with Gasteiger partial charge in [0, 0.05) is 12.6 Å². The molecule has 9 heteroatoms. The molecule has 0 saturated carbocycles. The summed E-state index contributed by atoms with van der Waals surface area (Å²) in [5.74, 6) is -0.331. The molecule has 1 heterocycles. The van der Waals surface area contributed by atoms with Crippen LogP contribution in [0.2, 0.25) is 0 Å². The highest BCUT2D eigenvalue weighted by atomic mass is 16.5. The molecule has 0 atom stereocenters. The van der Waals surface area contributed by atoms with Crippen LogP contribution in [0.15, 0.2) is 58.1 Å². The number of amides is 1. The molecular weight excluding hydrogens is 414 g/mol. The fourth-order valence-corrected chi connectivity index (χ4v) is 2.76. The van der Waals surface area contributed by atoms with Gasteiger partial charge in [0.2, 0.25) is 0 Å². The van der Waals surface area contributed by atoms with Crippen molar-refractivity contribution in [3.05, 3.63) is 91.1 Å². The van der Waals surface area contributed by atoms with Crippen molar-refractivity contribution >= 4 is 29.7 Å². The monoisotopic (exact) mass is 435 g/mol. The van der Waals surface area contributed by atoms with Crippen molar-refractivity contribution in [3.63, 3.8) is 0 Å². The second kappa shape index (κ2) is 10.1. The van der Waals surface area contributed by atoms with Crippen LogP contribution in [0.4, 0.5) is 5.69 Å². The lowest BCUT2D eigenvalue weighted by molar-refractivity contribution is -0.144. The van der Waals surface area contributed by atoms with E-state index in [1.54, 1.807) is 61.7 Å². The molecule has 0 radical (unpaired) electrons. The Balaban J connectivity index is 1.81. The number of ether oxygens (including phenoxy) is 2. The summed E-state index contributed by atoms with van der Waals surface area (Å²) < 4.78 is 9.72. The van der Waals surface area contributed by atoms with E-state index in [0.29, 0.717) is 17.0 Å². The van der Waals surface area contributed by atoms with Gasteiger partial charge in [-0.3, -0.25) is 19.2 Å². The number of esters is 1. The molecule has 0 aliphatic rings. The van der Waals surface area contributed by atoms with Gasteiger partial charge in [-0.25, -0.2) is 0 Å². The molecule has 164 valence electrons. The first-order valence-corrected chi connectivity index (χ1v) is 9.57. The van der Waals surface area contributed by atoms with E-state index < -0.39 is 23.0 Å². The second-order valence-corrected chi connectivity index (χ2v) is 6.75. The highest BCUT2D eigenvalue weighted by Gasteiger charge is 2.04. The van der Waals surface area contributed by atoms with Gasteiger partial charge in [-0.2, -0.15) is 0 Å². The van der Waals surface area contributed by atoms with E-state index in [-0.39, 0.29) is 17.3 Å². The predicted molar refractivity (Wildman–Crippen MR) is 119 cm³/mol. The van der Waals surface area contributed by atoms with E-state index in [1.807, 2.05) is 0 Å². The Labute approximate surface area is 182 Å². The van der Waals surface area contributed by atoms with E-state index in [9.17, 15) is 19.2 Å². The number of aromatic amines is 2. The average molecular weight is 435 g/mol. The number of anilines is 1. The first kappa shape index (κ1) is 22.3. The van der Waals surface area contributed by atoms with Gasteiger partial charge in [-0.15, -0.1) is 0 Å². The van der Waals surface area contributed by atoms with Crippen molar-refractivity contribution in [2.75, 3.05) is 19.0 Å². The van der Waals surface area contributed by atoms with Crippen molar-refractivity contribution in [3.8, 4) is 5.75 Å². The molecule has 3 N–H and O–H groups in total. The molecule has 0 aliphatic carbocycles. The fraction of sp³-hybridized carbons (Fsp3) is 0.130. The summed E-state index contributed by atoms with van der Waals surface area (Å²) in [5, 5.41) is 2.80. The SMILES string of the molecule is COc1ccc(C=c2[nH]c(=O)c(=Cc3ccc(NC(=O)COC(C)=O)cc3)[nH]c2=O)cc1. The van der Waals surface area contributed by atoms with Crippen LogP contribution < -0.4 is 31.9 Å². The maximum Gasteiger partial charge on any atom is 0.303 e. The number of carbonyl (C=O) groups is 2. The number of rotatable bonds is 6. The molecule has 1 amide bonds. The molecule has 0 fully saturated rings. The van der Waals surface area contributed by atoms with E-state index in [1.165, 1.54) is 13.0 Å². The van der Waals surface area contributed by atoms with Crippen molar-refractivity contribution in [1.82, 2.24) is 9.97 Å².